The first-order chi connectivity index (χ1) is 10.2. The monoisotopic (exact) mass is 297 g/mol. The number of halogens is 1. The molecule has 0 fully saturated rings. The molecule has 21 heavy (non-hydrogen) atoms. The summed E-state index contributed by atoms with van der Waals surface area (Å²) in [5.41, 5.74) is 3.23. The molecule has 0 aliphatic carbocycles. The Morgan fingerprint density at radius 1 is 1.24 bits per heavy atom. The second-order valence-electron chi connectivity index (χ2n) is 4.51. The van der Waals surface area contributed by atoms with Crippen LogP contribution in [0.1, 0.15) is 5.69 Å². The van der Waals surface area contributed by atoms with Crippen molar-refractivity contribution in [3.8, 4) is 23.1 Å². The lowest BCUT2D eigenvalue weighted by molar-refractivity contribution is 0.415. The molecular formula is C16H12ClN3O. The van der Waals surface area contributed by atoms with Crippen LogP contribution in [0.2, 0.25) is 5.15 Å². The van der Waals surface area contributed by atoms with E-state index in [-0.39, 0.29) is 6.42 Å². The van der Waals surface area contributed by atoms with Gasteiger partial charge in [0.25, 0.3) is 0 Å². The van der Waals surface area contributed by atoms with Crippen LogP contribution in [0.4, 0.5) is 0 Å². The molecule has 0 radical (unpaired) electrons. The Hall–Kier alpha value is -2.51. The molecule has 0 aliphatic heterocycles. The molecule has 104 valence electrons. The lowest BCUT2D eigenvalue weighted by Crippen LogP contribution is -1.94. The van der Waals surface area contributed by atoms with E-state index in [4.69, 9.17) is 21.6 Å². The number of ether oxygens (including phenoxy) is 1. The van der Waals surface area contributed by atoms with Crippen molar-refractivity contribution in [2.75, 3.05) is 7.11 Å². The second kappa shape index (κ2) is 5.47. The highest BCUT2D eigenvalue weighted by molar-refractivity contribution is 6.29. The van der Waals surface area contributed by atoms with Crippen LogP contribution in [-0.4, -0.2) is 16.5 Å². The van der Waals surface area contributed by atoms with E-state index in [2.05, 4.69) is 11.1 Å². The molecule has 5 heteroatoms. The largest absolute Gasteiger partial charge is 0.497 e. The normalized spacial score (nSPS) is 10.5. The number of rotatable bonds is 3. The van der Waals surface area contributed by atoms with E-state index < -0.39 is 0 Å². The number of nitrogens with zero attached hydrogens (tertiary/aromatic N) is 3. The topological polar surface area (TPSA) is 50.3 Å². The third-order valence-electron chi connectivity index (χ3n) is 3.30. The van der Waals surface area contributed by atoms with Gasteiger partial charge in [0.2, 0.25) is 0 Å². The molecule has 0 aliphatic rings. The Bertz CT molecular complexity index is 831. The van der Waals surface area contributed by atoms with Crippen LogP contribution in [0.25, 0.3) is 16.9 Å². The molecule has 0 saturated carbocycles. The van der Waals surface area contributed by atoms with Gasteiger partial charge in [-0.25, -0.2) is 4.98 Å². The number of hydrogen-bond donors (Lipinski definition) is 0. The highest BCUT2D eigenvalue weighted by atomic mass is 35.5. The zero-order valence-electron chi connectivity index (χ0n) is 11.4. The third kappa shape index (κ3) is 2.32. The fraction of sp³-hybridized carbons (Fsp3) is 0.125. The Balaban J connectivity index is 2.23. The van der Waals surface area contributed by atoms with Gasteiger partial charge in [0.1, 0.15) is 16.5 Å². The standard InChI is InChI=1S/C16H12ClN3O/c1-21-12-7-5-11(6-8-12)16-13(9-10-18)20-14(17)3-2-4-15(20)19-16/h2-8H,9H2,1H3. The average molecular weight is 298 g/mol. The number of nitriles is 1. The van der Waals surface area contributed by atoms with Gasteiger partial charge in [-0.15, -0.1) is 0 Å². The van der Waals surface area contributed by atoms with E-state index in [0.717, 1.165) is 28.3 Å². The van der Waals surface area contributed by atoms with Crippen LogP contribution in [-0.2, 0) is 6.42 Å². The van der Waals surface area contributed by atoms with Crippen LogP contribution >= 0.6 is 11.6 Å². The predicted molar refractivity (Wildman–Crippen MR) is 81.5 cm³/mol. The number of hydrogen-bond acceptors (Lipinski definition) is 3. The highest BCUT2D eigenvalue weighted by Crippen LogP contribution is 2.28. The van der Waals surface area contributed by atoms with Gasteiger partial charge in [0, 0.05) is 5.56 Å². The first kappa shape index (κ1) is 13.5. The van der Waals surface area contributed by atoms with E-state index in [1.54, 1.807) is 13.2 Å². The van der Waals surface area contributed by atoms with Crippen molar-refractivity contribution in [2.45, 2.75) is 6.42 Å². The molecule has 0 saturated heterocycles. The molecular weight excluding hydrogens is 286 g/mol. The third-order valence-corrected chi connectivity index (χ3v) is 3.60. The summed E-state index contributed by atoms with van der Waals surface area (Å²) in [6, 6.07) is 15.3. The minimum Gasteiger partial charge on any atom is -0.497 e. The van der Waals surface area contributed by atoms with Gasteiger partial charge in [-0.05, 0) is 36.4 Å². The van der Waals surface area contributed by atoms with E-state index in [1.807, 2.05) is 40.8 Å². The van der Waals surface area contributed by atoms with Crippen LogP contribution in [0.15, 0.2) is 42.5 Å². The number of methoxy groups -OCH3 is 1. The molecule has 1 aromatic carbocycles. The van der Waals surface area contributed by atoms with Crippen molar-refractivity contribution in [1.82, 2.24) is 9.38 Å². The Morgan fingerprint density at radius 3 is 2.67 bits per heavy atom. The summed E-state index contributed by atoms with van der Waals surface area (Å²) in [6.07, 6.45) is 0.242. The molecule has 3 rings (SSSR count). The summed E-state index contributed by atoms with van der Waals surface area (Å²) < 4.78 is 6.97. The van der Waals surface area contributed by atoms with Crippen LogP contribution in [0, 0.1) is 11.3 Å². The van der Waals surface area contributed by atoms with Crippen molar-refractivity contribution in [3.63, 3.8) is 0 Å². The summed E-state index contributed by atoms with van der Waals surface area (Å²) in [5.74, 6) is 0.780. The molecule has 0 bridgehead atoms. The van der Waals surface area contributed by atoms with Crippen molar-refractivity contribution < 1.29 is 4.74 Å². The average Bonchev–Trinajstić information content (AvgIpc) is 2.88. The fourth-order valence-electron chi connectivity index (χ4n) is 2.33. The molecule has 0 atom stereocenters. The summed E-state index contributed by atoms with van der Waals surface area (Å²) in [5, 5.41) is 9.63. The molecule has 4 nitrogen and oxygen atoms in total. The molecule has 2 heterocycles. The first-order valence-corrected chi connectivity index (χ1v) is 6.79. The van der Waals surface area contributed by atoms with Gasteiger partial charge in [-0.3, -0.25) is 4.40 Å². The Kier molecular flexibility index (Phi) is 3.51. The summed E-state index contributed by atoms with van der Waals surface area (Å²) in [7, 11) is 1.63. The van der Waals surface area contributed by atoms with Crippen molar-refractivity contribution in [2.24, 2.45) is 0 Å². The van der Waals surface area contributed by atoms with Gasteiger partial charge in [-0.2, -0.15) is 5.26 Å². The second-order valence-corrected chi connectivity index (χ2v) is 4.90. The maximum atomic E-state index is 9.09. The minimum atomic E-state index is 0.242. The SMILES string of the molecule is COc1ccc(-c2nc3cccc(Cl)n3c2CC#N)cc1. The zero-order valence-corrected chi connectivity index (χ0v) is 12.1. The summed E-state index contributed by atoms with van der Waals surface area (Å²) in [6.45, 7) is 0. The first-order valence-electron chi connectivity index (χ1n) is 6.42. The minimum absolute atomic E-state index is 0.242. The van der Waals surface area contributed by atoms with Gasteiger partial charge >= 0.3 is 0 Å². The maximum absolute atomic E-state index is 9.09. The van der Waals surface area contributed by atoms with E-state index in [0.29, 0.717) is 5.15 Å². The van der Waals surface area contributed by atoms with E-state index >= 15 is 0 Å². The number of benzene rings is 1. The number of aromatic nitrogens is 2. The Labute approximate surface area is 127 Å². The highest BCUT2D eigenvalue weighted by Gasteiger charge is 2.15. The maximum Gasteiger partial charge on any atom is 0.138 e. The molecule has 0 unspecified atom stereocenters. The summed E-state index contributed by atoms with van der Waals surface area (Å²) in [4.78, 5) is 4.60. The predicted octanol–water partition coefficient (Wildman–Crippen LogP) is 3.73. The summed E-state index contributed by atoms with van der Waals surface area (Å²) >= 11 is 6.24. The van der Waals surface area contributed by atoms with E-state index in [9.17, 15) is 0 Å². The van der Waals surface area contributed by atoms with Crippen molar-refractivity contribution >= 4 is 17.2 Å². The van der Waals surface area contributed by atoms with Crippen molar-refractivity contribution in [1.29, 1.82) is 5.26 Å². The molecule has 0 amide bonds. The fourth-order valence-corrected chi connectivity index (χ4v) is 2.59. The molecule has 0 spiro atoms. The van der Waals surface area contributed by atoms with Crippen LogP contribution < -0.4 is 4.74 Å². The lowest BCUT2D eigenvalue weighted by Gasteiger charge is -2.04. The van der Waals surface area contributed by atoms with Gasteiger partial charge in [0.15, 0.2) is 0 Å². The molecule has 2 aromatic heterocycles. The van der Waals surface area contributed by atoms with Gasteiger partial charge < -0.3 is 4.74 Å². The smallest absolute Gasteiger partial charge is 0.138 e. The quantitative estimate of drug-likeness (QED) is 0.692. The molecule has 0 N–H and O–H groups in total. The van der Waals surface area contributed by atoms with E-state index in [1.165, 1.54) is 0 Å². The zero-order chi connectivity index (χ0) is 14.8. The number of pyridine rings is 1. The van der Waals surface area contributed by atoms with Crippen molar-refractivity contribution in [3.05, 3.63) is 53.3 Å². The lowest BCUT2D eigenvalue weighted by atomic mass is 10.1. The number of imidazole rings is 1. The van der Waals surface area contributed by atoms with Crippen LogP contribution in [0.5, 0.6) is 5.75 Å². The van der Waals surface area contributed by atoms with Crippen LogP contribution in [0.3, 0.4) is 0 Å². The van der Waals surface area contributed by atoms with Gasteiger partial charge in [-0.1, -0.05) is 17.7 Å². The Morgan fingerprint density at radius 2 is 2.00 bits per heavy atom. The number of fused-ring (bicyclic) bond motifs is 1. The molecule has 3 aromatic rings. The van der Waals surface area contributed by atoms with Gasteiger partial charge in [0.05, 0.1) is 31.0 Å².